The molecule has 0 spiro atoms. The van der Waals surface area contributed by atoms with Gasteiger partial charge in [0, 0.05) is 12.8 Å². The van der Waals surface area contributed by atoms with Crippen molar-refractivity contribution in [3.63, 3.8) is 0 Å². The lowest BCUT2D eigenvalue weighted by Crippen LogP contribution is -2.29. The van der Waals surface area contributed by atoms with Crippen molar-refractivity contribution in [2.24, 2.45) is 5.73 Å². The predicted octanol–water partition coefficient (Wildman–Crippen LogP) is 12.3. The summed E-state index contributed by atoms with van der Waals surface area (Å²) in [6.07, 6.45) is 44.6. The summed E-state index contributed by atoms with van der Waals surface area (Å²) in [7, 11) is -4.37. The van der Waals surface area contributed by atoms with Gasteiger partial charge in [-0.2, -0.15) is 0 Å². The molecule has 54 heavy (non-hydrogen) atoms. The summed E-state index contributed by atoms with van der Waals surface area (Å²) in [4.78, 5) is 35.0. The Kier molecular flexibility index (Phi) is 39.1. The van der Waals surface area contributed by atoms with Crippen LogP contribution in [0.2, 0.25) is 0 Å². The summed E-state index contributed by atoms with van der Waals surface area (Å²) < 4.78 is 33.1. The van der Waals surface area contributed by atoms with Crippen molar-refractivity contribution in [2.75, 3.05) is 26.4 Å². The van der Waals surface area contributed by atoms with Crippen molar-refractivity contribution in [1.29, 1.82) is 0 Å². The first-order valence-corrected chi connectivity index (χ1v) is 23.1. The minimum absolute atomic E-state index is 0.0363. The van der Waals surface area contributed by atoms with E-state index < -0.39 is 32.5 Å². The van der Waals surface area contributed by atoms with Crippen LogP contribution in [-0.4, -0.2) is 49.3 Å². The topological polar surface area (TPSA) is 134 Å². The Hall–Kier alpha value is -2.03. The second kappa shape index (κ2) is 40.6. The molecule has 0 bridgehead atoms. The molecule has 1 unspecified atom stereocenters. The molecule has 0 aromatic carbocycles. The molecule has 0 rings (SSSR count). The molecule has 0 radical (unpaired) electrons. The van der Waals surface area contributed by atoms with Crippen molar-refractivity contribution >= 4 is 19.8 Å². The first kappa shape index (κ1) is 52.0. The third-order valence-corrected chi connectivity index (χ3v) is 9.90. The molecule has 0 saturated carbocycles. The van der Waals surface area contributed by atoms with Gasteiger partial charge in [-0.05, 0) is 90.0 Å². The van der Waals surface area contributed by atoms with Gasteiger partial charge in [0.25, 0.3) is 0 Å². The fourth-order valence-electron chi connectivity index (χ4n) is 5.61. The van der Waals surface area contributed by atoms with Gasteiger partial charge in [0.15, 0.2) is 6.10 Å². The molecule has 0 saturated heterocycles. The summed E-state index contributed by atoms with van der Waals surface area (Å²) in [5.74, 6) is -0.844. The number of ether oxygens (including phenoxy) is 2. The van der Waals surface area contributed by atoms with E-state index in [-0.39, 0.29) is 26.1 Å². The average Bonchev–Trinajstić information content (AvgIpc) is 3.15. The smallest absolute Gasteiger partial charge is 0.462 e. The Morgan fingerprint density at radius 1 is 0.556 bits per heavy atom. The Balaban J connectivity index is 4.27. The minimum atomic E-state index is -4.37. The van der Waals surface area contributed by atoms with Crippen LogP contribution in [0.3, 0.4) is 0 Å². The Morgan fingerprint density at radius 2 is 0.981 bits per heavy atom. The molecule has 314 valence electrons. The van der Waals surface area contributed by atoms with Crippen LogP contribution in [0.15, 0.2) is 48.6 Å². The van der Waals surface area contributed by atoms with E-state index >= 15 is 0 Å². The first-order chi connectivity index (χ1) is 26.3. The zero-order valence-corrected chi connectivity index (χ0v) is 35.3. The Labute approximate surface area is 330 Å². The molecular weight excluding hydrogens is 701 g/mol. The molecule has 0 aliphatic heterocycles. The van der Waals surface area contributed by atoms with E-state index in [1.807, 2.05) is 0 Å². The molecule has 0 aromatic heterocycles. The fourth-order valence-corrected chi connectivity index (χ4v) is 6.40. The monoisotopic (exact) mass is 782 g/mol. The van der Waals surface area contributed by atoms with Crippen LogP contribution in [0.5, 0.6) is 0 Å². The molecule has 0 amide bonds. The van der Waals surface area contributed by atoms with E-state index in [0.29, 0.717) is 19.4 Å². The Morgan fingerprint density at radius 3 is 1.44 bits per heavy atom. The largest absolute Gasteiger partial charge is 0.472 e. The molecule has 9 nitrogen and oxygen atoms in total. The average molecular weight is 782 g/mol. The quantitative estimate of drug-likeness (QED) is 0.0269. The number of esters is 2. The number of carbonyl (C=O) groups excluding carboxylic acids is 2. The fraction of sp³-hybridized carbons (Fsp3) is 0.773. The SMILES string of the molecule is CCCCCC=CCC=CCCCCCCCCC(=O)OC[C@H](COP(=O)(O)OCCCN)OC(=O)CCCCCCCCC=CCC=CCCCCC. The number of hydrogen-bond donors (Lipinski definition) is 2. The van der Waals surface area contributed by atoms with Crippen LogP contribution < -0.4 is 5.73 Å². The van der Waals surface area contributed by atoms with Crippen LogP contribution in [-0.2, 0) is 32.7 Å². The molecule has 0 aliphatic rings. The number of carbonyl (C=O) groups is 2. The number of rotatable bonds is 40. The van der Waals surface area contributed by atoms with Gasteiger partial charge in [-0.25, -0.2) is 4.57 Å². The lowest BCUT2D eigenvalue weighted by Gasteiger charge is -2.20. The maximum Gasteiger partial charge on any atom is 0.472 e. The third kappa shape index (κ3) is 39.7. The molecule has 2 atom stereocenters. The maximum absolute atomic E-state index is 12.6. The normalized spacial score (nSPS) is 13.8. The maximum atomic E-state index is 12.6. The standard InChI is InChI=1S/C44H80NO8P/c1-3-5-7-9-11-13-15-17-19-21-23-25-27-29-31-33-36-43(46)50-40-42(41-52-54(48,49)51-39-35-38-45)53-44(47)37-34-32-30-28-26-24-22-20-18-16-14-12-10-8-6-4-2/h11-14,17-20,42H,3-10,15-16,21-41,45H2,1-2H3,(H,48,49)/t42-/m1/s1. The minimum Gasteiger partial charge on any atom is -0.462 e. The Bertz CT molecular complexity index is 1030. The summed E-state index contributed by atoms with van der Waals surface area (Å²) in [6, 6.07) is 0. The number of phosphoric ester groups is 1. The van der Waals surface area contributed by atoms with Gasteiger partial charge in [0.2, 0.25) is 0 Å². The number of phosphoric acid groups is 1. The zero-order valence-electron chi connectivity index (χ0n) is 34.4. The summed E-state index contributed by atoms with van der Waals surface area (Å²) >= 11 is 0. The van der Waals surface area contributed by atoms with E-state index in [1.165, 1.54) is 70.6 Å². The second-order valence-corrected chi connectivity index (χ2v) is 15.7. The van der Waals surface area contributed by atoms with Crippen LogP contribution in [0.1, 0.15) is 187 Å². The molecule has 0 aromatic rings. The molecule has 0 heterocycles. The van der Waals surface area contributed by atoms with Gasteiger partial charge in [-0.1, -0.05) is 140 Å². The molecule has 0 fully saturated rings. The molecule has 10 heteroatoms. The van der Waals surface area contributed by atoms with E-state index in [4.69, 9.17) is 24.3 Å². The van der Waals surface area contributed by atoms with Gasteiger partial charge in [-0.3, -0.25) is 18.6 Å². The van der Waals surface area contributed by atoms with Gasteiger partial charge in [0.05, 0.1) is 13.2 Å². The highest BCUT2D eigenvalue weighted by Gasteiger charge is 2.26. The number of unbranched alkanes of at least 4 members (excludes halogenated alkanes) is 18. The van der Waals surface area contributed by atoms with Crippen LogP contribution in [0, 0.1) is 0 Å². The van der Waals surface area contributed by atoms with E-state index in [0.717, 1.165) is 77.0 Å². The van der Waals surface area contributed by atoms with Gasteiger partial charge in [0.1, 0.15) is 6.61 Å². The molecular formula is C44H80NO8P. The first-order valence-electron chi connectivity index (χ1n) is 21.6. The van der Waals surface area contributed by atoms with Crippen molar-refractivity contribution in [2.45, 2.75) is 193 Å². The number of allylic oxidation sites excluding steroid dienone is 8. The van der Waals surface area contributed by atoms with Crippen LogP contribution in [0.25, 0.3) is 0 Å². The highest BCUT2D eigenvalue weighted by molar-refractivity contribution is 7.47. The number of nitrogens with two attached hydrogens (primary N) is 1. The van der Waals surface area contributed by atoms with Gasteiger partial charge >= 0.3 is 19.8 Å². The summed E-state index contributed by atoms with van der Waals surface area (Å²) in [5, 5.41) is 0. The summed E-state index contributed by atoms with van der Waals surface area (Å²) in [6.45, 7) is 4.05. The van der Waals surface area contributed by atoms with Crippen molar-refractivity contribution in [1.82, 2.24) is 0 Å². The zero-order chi connectivity index (χ0) is 39.6. The van der Waals surface area contributed by atoms with Crippen molar-refractivity contribution in [3.05, 3.63) is 48.6 Å². The van der Waals surface area contributed by atoms with Crippen molar-refractivity contribution in [3.8, 4) is 0 Å². The van der Waals surface area contributed by atoms with E-state index in [2.05, 4.69) is 62.5 Å². The van der Waals surface area contributed by atoms with Crippen molar-refractivity contribution < 1.29 is 37.6 Å². The van der Waals surface area contributed by atoms with Crippen LogP contribution >= 0.6 is 7.82 Å². The predicted molar refractivity (Wildman–Crippen MR) is 224 cm³/mol. The van der Waals surface area contributed by atoms with Crippen LogP contribution in [0.4, 0.5) is 0 Å². The van der Waals surface area contributed by atoms with E-state index in [1.54, 1.807) is 0 Å². The lowest BCUT2D eigenvalue weighted by atomic mass is 10.1. The molecule has 3 N–H and O–H groups in total. The second-order valence-electron chi connectivity index (χ2n) is 14.2. The highest BCUT2D eigenvalue weighted by Crippen LogP contribution is 2.43. The lowest BCUT2D eigenvalue weighted by molar-refractivity contribution is -0.161. The van der Waals surface area contributed by atoms with Gasteiger partial charge in [-0.15, -0.1) is 0 Å². The highest BCUT2D eigenvalue weighted by atomic mass is 31.2. The third-order valence-electron chi connectivity index (χ3n) is 8.92. The number of hydrogen-bond acceptors (Lipinski definition) is 8. The van der Waals surface area contributed by atoms with E-state index in [9.17, 15) is 19.0 Å². The summed E-state index contributed by atoms with van der Waals surface area (Å²) in [5.41, 5.74) is 5.42. The van der Waals surface area contributed by atoms with Gasteiger partial charge < -0.3 is 20.1 Å². The molecule has 0 aliphatic carbocycles.